The molecule has 0 aromatic carbocycles. The van der Waals surface area contributed by atoms with Crippen molar-refractivity contribution in [3.8, 4) is 0 Å². The van der Waals surface area contributed by atoms with Crippen LogP contribution >= 0.6 is 11.3 Å². The molecule has 0 unspecified atom stereocenters. The molecule has 0 aliphatic heterocycles. The Kier molecular flexibility index (Phi) is 6.87. The van der Waals surface area contributed by atoms with Gasteiger partial charge in [0.2, 0.25) is 0 Å². The first-order valence-electron chi connectivity index (χ1n) is 8.17. The van der Waals surface area contributed by atoms with Crippen LogP contribution in [0, 0.1) is 5.92 Å². The molecule has 24 heavy (non-hydrogen) atoms. The van der Waals surface area contributed by atoms with Crippen LogP contribution in [-0.2, 0) is 20.7 Å². The van der Waals surface area contributed by atoms with E-state index in [-0.39, 0.29) is 30.5 Å². The number of ether oxygens (including phenoxy) is 2. The molecule has 0 N–H and O–H groups in total. The number of hydrogen-bond acceptors (Lipinski definition) is 6. The van der Waals surface area contributed by atoms with Crippen molar-refractivity contribution in [2.75, 3.05) is 6.61 Å². The van der Waals surface area contributed by atoms with Gasteiger partial charge < -0.3 is 9.47 Å². The van der Waals surface area contributed by atoms with Crippen LogP contribution in [0.25, 0.3) is 0 Å². The van der Waals surface area contributed by atoms with Gasteiger partial charge in [0.1, 0.15) is 17.2 Å². The van der Waals surface area contributed by atoms with Crippen molar-refractivity contribution >= 4 is 17.3 Å². The molecule has 2 atom stereocenters. The Morgan fingerprint density at radius 3 is 2.71 bits per heavy atom. The minimum absolute atomic E-state index is 0.0540. The van der Waals surface area contributed by atoms with Gasteiger partial charge in [-0.15, -0.1) is 11.3 Å². The van der Waals surface area contributed by atoms with E-state index in [1.54, 1.807) is 6.20 Å². The normalized spacial score (nSPS) is 13.7. The Morgan fingerprint density at radius 1 is 1.29 bits per heavy atom. The van der Waals surface area contributed by atoms with Gasteiger partial charge in [-0.2, -0.15) is 0 Å². The van der Waals surface area contributed by atoms with Crippen LogP contribution in [-0.4, -0.2) is 22.5 Å². The lowest BCUT2D eigenvalue weighted by Crippen LogP contribution is -2.18. The van der Waals surface area contributed by atoms with Gasteiger partial charge in [0, 0.05) is 18.2 Å². The van der Waals surface area contributed by atoms with Crippen molar-refractivity contribution in [3.05, 3.63) is 46.2 Å². The van der Waals surface area contributed by atoms with Crippen LogP contribution in [0.4, 0.5) is 0 Å². The number of nitrogens with zero attached hydrogens (tertiary/aromatic N) is 2. The lowest BCUT2D eigenvalue weighted by Gasteiger charge is -2.20. The van der Waals surface area contributed by atoms with E-state index in [0.717, 1.165) is 16.4 Å². The van der Waals surface area contributed by atoms with Crippen LogP contribution in [0.15, 0.2) is 29.8 Å². The van der Waals surface area contributed by atoms with Gasteiger partial charge in [-0.25, -0.2) is 4.98 Å². The minimum Gasteiger partial charge on any atom is -0.455 e. The van der Waals surface area contributed by atoms with Crippen molar-refractivity contribution in [2.45, 2.75) is 46.3 Å². The first kappa shape index (κ1) is 18.5. The van der Waals surface area contributed by atoms with Crippen LogP contribution in [0.3, 0.4) is 0 Å². The van der Waals surface area contributed by atoms with Gasteiger partial charge >= 0.3 is 5.97 Å². The first-order valence-corrected chi connectivity index (χ1v) is 9.05. The van der Waals surface area contributed by atoms with Gasteiger partial charge in [0.25, 0.3) is 0 Å². The third-order valence-electron chi connectivity index (χ3n) is 3.50. The molecule has 2 heterocycles. The molecule has 0 aliphatic carbocycles. The van der Waals surface area contributed by atoms with E-state index in [0.29, 0.717) is 6.61 Å². The molecule has 0 aliphatic rings. The summed E-state index contributed by atoms with van der Waals surface area (Å²) < 4.78 is 11.2. The Labute approximate surface area is 147 Å². The monoisotopic (exact) mass is 348 g/mol. The van der Waals surface area contributed by atoms with Crippen LogP contribution in [0.1, 0.15) is 56.3 Å². The highest BCUT2D eigenvalue weighted by molar-refractivity contribution is 7.09. The summed E-state index contributed by atoms with van der Waals surface area (Å²) in [6.07, 6.45) is 1.46. The largest absolute Gasteiger partial charge is 0.455 e. The summed E-state index contributed by atoms with van der Waals surface area (Å²) in [5.41, 5.74) is 1.49. The second-order valence-electron chi connectivity index (χ2n) is 5.86. The minimum atomic E-state index is -0.348. The Balaban J connectivity index is 1.99. The van der Waals surface area contributed by atoms with Crippen LogP contribution in [0.5, 0.6) is 0 Å². The summed E-state index contributed by atoms with van der Waals surface area (Å²) in [6.45, 7) is 8.57. The molecule has 0 fully saturated rings. The van der Waals surface area contributed by atoms with E-state index in [2.05, 4.69) is 9.97 Å². The number of esters is 1. The molecule has 2 aromatic heterocycles. The summed E-state index contributed by atoms with van der Waals surface area (Å²) in [7, 11) is 0. The summed E-state index contributed by atoms with van der Waals surface area (Å²) in [5.74, 6) is -0.145. The van der Waals surface area contributed by atoms with Crippen LogP contribution in [0.2, 0.25) is 0 Å². The fourth-order valence-corrected chi connectivity index (χ4v) is 3.15. The van der Waals surface area contributed by atoms with Gasteiger partial charge in [-0.05, 0) is 31.9 Å². The molecule has 0 spiro atoms. The van der Waals surface area contributed by atoms with E-state index >= 15 is 0 Å². The SMILES string of the molecule is CCO[C@@H](C)c1nc(CC(=O)O[C@H](c2ccccn2)C(C)C)cs1. The average Bonchev–Trinajstić information content (AvgIpc) is 3.02. The summed E-state index contributed by atoms with van der Waals surface area (Å²) in [5, 5.41) is 2.77. The Bertz CT molecular complexity index is 643. The first-order chi connectivity index (χ1) is 11.5. The zero-order valence-corrected chi connectivity index (χ0v) is 15.4. The fraction of sp³-hybridized carbons (Fsp3) is 0.500. The third kappa shape index (κ3) is 5.11. The topological polar surface area (TPSA) is 61.3 Å². The molecule has 5 nitrogen and oxygen atoms in total. The van der Waals surface area contributed by atoms with E-state index in [4.69, 9.17) is 9.47 Å². The summed E-state index contributed by atoms with van der Waals surface area (Å²) in [4.78, 5) is 21.1. The van der Waals surface area contributed by atoms with Crippen molar-refractivity contribution in [3.63, 3.8) is 0 Å². The second kappa shape index (κ2) is 8.89. The molecular weight excluding hydrogens is 324 g/mol. The number of carbonyl (C=O) groups is 1. The highest BCUT2D eigenvalue weighted by atomic mass is 32.1. The predicted octanol–water partition coefficient (Wildman–Crippen LogP) is 4.12. The predicted molar refractivity (Wildman–Crippen MR) is 93.8 cm³/mol. The van der Waals surface area contributed by atoms with Gasteiger partial charge in [0.15, 0.2) is 0 Å². The number of thiazole rings is 1. The standard InChI is InChI=1S/C18H24N2O3S/c1-5-22-13(4)18-20-14(11-24-18)10-16(21)23-17(12(2)3)15-8-6-7-9-19-15/h6-9,11-13,17H,5,10H2,1-4H3/t13-,17-/m0/s1. The lowest BCUT2D eigenvalue weighted by molar-refractivity contribution is -0.151. The second-order valence-corrected chi connectivity index (χ2v) is 6.75. The van der Waals surface area contributed by atoms with E-state index < -0.39 is 0 Å². The number of hydrogen-bond donors (Lipinski definition) is 0. The molecule has 6 heteroatoms. The van der Waals surface area contributed by atoms with E-state index in [9.17, 15) is 4.79 Å². The number of pyridine rings is 1. The van der Waals surface area contributed by atoms with Crippen molar-refractivity contribution in [1.29, 1.82) is 0 Å². The Morgan fingerprint density at radius 2 is 2.08 bits per heavy atom. The fourth-order valence-electron chi connectivity index (χ4n) is 2.33. The van der Waals surface area contributed by atoms with Gasteiger partial charge in [-0.1, -0.05) is 19.9 Å². The maximum Gasteiger partial charge on any atom is 0.312 e. The molecule has 0 bridgehead atoms. The highest BCUT2D eigenvalue weighted by Crippen LogP contribution is 2.25. The summed E-state index contributed by atoms with van der Waals surface area (Å²) in [6, 6.07) is 5.62. The third-order valence-corrected chi connectivity index (χ3v) is 4.56. The molecule has 0 amide bonds. The van der Waals surface area contributed by atoms with Crippen molar-refractivity contribution in [2.24, 2.45) is 5.92 Å². The number of carbonyl (C=O) groups excluding carboxylic acids is 1. The van der Waals surface area contributed by atoms with Crippen LogP contribution < -0.4 is 0 Å². The van der Waals surface area contributed by atoms with E-state index in [1.807, 2.05) is 51.3 Å². The Hall–Kier alpha value is -1.79. The van der Waals surface area contributed by atoms with Crippen molar-refractivity contribution in [1.82, 2.24) is 9.97 Å². The average molecular weight is 348 g/mol. The van der Waals surface area contributed by atoms with Gasteiger partial charge in [-0.3, -0.25) is 9.78 Å². The maximum atomic E-state index is 12.3. The number of aromatic nitrogens is 2. The highest BCUT2D eigenvalue weighted by Gasteiger charge is 2.22. The summed E-state index contributed by atoms with van der Waals surface area (Å²) >= 11 is 1.50. The lowest BCUT2D eigenvalue weighted by atomic mass is 10.0. The smallest absolute Gasteiger partial charge is 0.312 e. The molecule has 130 valence electrons. The molecular formula is C18H24N2O3S. The molecule has 2 aromatic rings. The molecule has 0 saturated heterocycles. The zero-order chi connectivity index (χ0) is 17.5. The van der Waals surface area contributed by atoms with Crippen molar-refractivity contribution < 1.29 is 14.3 Å². The zero-order valence-electron chi connectivity index (χ0n) is 14.6. The quantitative estimate of drug-likeness (QED) is 0.672. The molecule has 2 rings (SSSR count). The number of rotatable bonds is 8. The van der Waals surface area contributed by atoms with E-state index in [1.165, 1.54) is 11.3 Å². The van der Waals surface area contributed by atoms with Gasteiger partial charge in [0.05, 0.1) is 17.8 Å². The molecule has 0 saturated carbocycles. The molecule has 0 radical (unpaired) electrons. The maximum absolute atomic E-state index is 12.3.